The van der Waals surface area contributed by atoms with Gasteiger partial charge in [0.15, 0.2) is 6.04 Å². The van der Waals surface area contributed by atoms with Crippen molar-refractivity contribution in [1.29, 1.82) is 0 Å². The van der Waals surface area contributed by atoms with Gasteiger partial charge in [0, 0.05) is 19.3 Å². The number of methoxy groups -OCH3 is 1. The summed E-state index contributed by atoms with van der Waals surface area (Å²) in [6.45, 7) is 2.76. The molecule has 1 aromatic heterocycles. The highest BCUT2D eigenvalue weighted by atomic mass is 16.5. The summed E-state index contributed by atoms with van der Waals surface area (Å²) in [7, 11) is 3.07. The molecule has 1 unspecified atom stereocenters. The van der Waals surface area contributed by atoms with Gasteiger partial charge in [0.1, 0.15) is 0 Å². The maximum Gasteiger partial charge on any atom is 0.331 e. The number of morpholine rings is 1. The van der Waals surface area contributed by atoms with Gasteiger partial charge in [-0.05, 0) is 6.92 Å². The molecule has 1 saturated heterocycles. The fourth-order valence-electron chi connectivity index (χ4n) is 2.04. The van der Waals surface area contributed by atoms with Crippen LogP contribution in [0.15, 0.2) is 6.20 Å². The first kappa shape index (κ1) is 13.5. The van der Waals surface area contributed by atoms with Crippen LogP contribution in [0.5, 0.6) is 0 Å². The Morgan fingerprint density at radius 1 is 1.53 bits per heavy atom. The van der Waals surface area contributed by atoms with E-state index >= 15 is 0 Å². The van der Waals surface area contributed by atoms with E-state index in [0.717, 1.165) is 5.69 Å². The van der Waals surface area contributed by atoms with E-state index in [-0.39, 0.29) is 12.5 Å². The van der Waals surface area contributed by atoms with Crippen molar-refractivity contribution in [3.05, 3.63) is 17.5 Å². The molecule has 104 valence electrons. The van der Waals surface area contributed by atoms with E-state index in [1.54, 1.807) is 11.7 Å². The Morgan fingerprint density at radius 2 is 2.26 bits per heavy atom. The molecule has 1 aliphatic heterocycles. The van der Waals surface area contributed by atoms with Crippen LogP contribution in [0.1, 0.15) is 16.1 Å². The number of carbonyl (C=O) groups excluding carboxylic acids is 2. The van der Waals surface area contributed by atoms with Crippen LogP contribution >= 0.6 is 0 Å². The first-order valence-corrected chi connectivity index (χ1v) is 6.01. The van der Waals surface area contributed by atoms with E-state index in [1.165, 1.54) is 18.2 Å². The Balaban J connectivity index is 2.25. The fraction of sp³-hybridized carbons (Fsp3) is 0.583. The molecule has 2 rings (SSSR count). The summed E-state index contributed by atoms with van der Waals surface area (Å²) >= 11 is 0. The van der Waals surface area contributed by atoms with E-state index in [4.69, 9.17) is 9.47 Å². The van der Waals surface area contributed by atoms with E-state index in [0.29, 0.717) is 18.7 Å². The van der Waals surface area contributed by atoms with Gasteiger partial charge in [0.2, 0.25) is 0 Å². The lowest BCUT2D eigenvalue weighted by atomic mass is 10.1. The summed E-state index contributed by atoms with van der Waals surface area (Å²) in [4.78, 5) is 25.6. The standard InChI is InChI=1S/C12H17N3O4/c1-8-9(6-13-14(8)2)11(16)15-4-5-19-7-10(15)12(17)18-3/h6,10H,4-5,7H2,1-3H3. The molecule has 0 radical (unpaired) electrons. The number of ether oxygens (including phenoxy) is 2. The third-order valence-corrected chi connectivity index (χ3v) is 3.33. The minimum Gasteiger partial charge on any atom is -0.467 e. The van der Waals surface area contributed by atoms with Crippen LogP contribution in [-0.2, 0) is 21.3 Å². The Morgan fingerprint density at radius 3 is 2.84 bits per heavy atom. The van der Waals surface area contributed by atoms with Crippen LogP contribution in [0, 0.1) is 6.92 Å². The molecule has 0 bridgehead atoms. The van der Waals surface area contributed by atoms with E-state index in [2.05, 4.69) is 5.10 Å². The summed E-state index contributed by atoms with van der Waals surface area (Å²) in [6.07, 6.45) is 1.52. The Kier molecular flexibility index (Phi) is 3.84. The van der Waals surface area contributed by atoms with Gasteiger partial charge in [-0.25, -0.2) is 4.79 Å². The average Bonchev–Trinajstić information content (AvgIpc) is 2.77. The maximum atomic E-state index is 12.5. The Bertz CT molecular complexity index is 497. The number of carbonyl (C=O) groups is 2. The quantitative estimate of drug-likeness (QED) is 0.690. The Labute approximate surface area is 111 Å². The summed E-state index contributed by atoms with van der Waals surface area (Å²) in [5.41, 5.74) is 1.26. The minimum atomic E-state index is -0.689. The number of esters is 1. The van der Waals surface area contributed by atoms with Crippen LogP contribution in [-0.4, -0.2) is 59.5 Å². The van der Waals surface area contributed by atoms with Gasteiger partial charge in [0.25, 0.3) is 5.91 Å². The lowest BCUT2D eigenvalue weighted by Gasteiger charge is -2.33. The molecule has 0 aromatic carbocycles. The lowest BCUT2D eigenvalue weighted by molar-refractivity contribution is -0.151. The summed E-state index contributed by atoms with van der Waals surface area (Å²) in [5.74, 6) is -0.682. The highest BCUT2D eigenvalue weighted by molar-refractivity contribution is 5.97. The van der Waals surface area contributed by atoms with Crippen molar-refractivity contribution in [3.8, 4) is 0 Å². The number of amides is 1. The molecule has 19 heavy (non-hydrogen) atoms. The molecule has 0 spiro atoms. The molecule has 0 aliphatic carbocycles. The molecule has 1 fully saturated rings. The summed E-state index contributed by atoms with van der Waals surface area (Å²) in [5, 5.41) is 4.04. The largest absolute Gasteiger partial charge is 0.467 e. The third-order valence-electron chi connectivity index (χ3n) is 3.33. The van der Waals surface area contributed by atoms with Gasteiger partial charge in [-0.1, -0.05) is 0 Å². The highest BCUT2D eigenvalue weighted by Crippen LogP contribution is 2.15. The van der Waals surface area contributed by atoms with Crippen molar-refractivity contribution in [3.63, 3.8) is 0 Å². The monoisotopic (exact) mass is 267 g/mol. The predicted octanol–water partition coefficient (Wildman–Crippen LogP) is -0.257. The molecule has 0 saturated carbocycles. The van der Waals surface area contributed by atoms with Crippen LogP contribution in [0.3, 0.4) is 0 Å². The maximum absolute atomic E-state index is 12.5. The Hall–Kier alpha value is -1.89. The number of aromatic nitrogens is 2. The molecular formula is C12H17N3O4. The van der Waals surface area contributed by atoms with E-state index < -0.39 is 12.0 Å². The van der Waals surface area contributed by atoms with Crippen molar-refractivity contribution < 1.29 is 19.1 Å². The number of aryl methyl sites for hydroxylation is 1. The van der Waals surface area contributed by atoms with Crippen molar-refractivity contribution in [2.75, 3.05) is 26.9 Å². The first-order valence-electron chi connectivity index (χ1n) is 6.01. The number of rotatable bonds is 2. The average molecular weight is 267 g/mol. The minimum absolute atomic E-state index is 0.164. The highest BCUT2D eigenvalue weighted by Gasteiger charge is 2.35. The van der Waals surface area contributed by atoms with Crippen LogP contribution in [0.2, 0.25) is 0 Å². The molecule has 1 aromatic rings. The zero-order valence-electron chi connectivity index (χ0n) is 11.3. The van der Waals surface area contributed by atoms with Crippen molar-refractivity contribution >= 4 is 11.9 Å². The zero-order valence-corrected chi connectivity index (χ0v) is 11.3. The lowest BCUT2D eigenvalue weighted by Crippen LogP contribution is -2.53. The van der Waals surface area contributed by atoms with Crippen LogP contribution in [0.25, 0.3) is 0 Å². The first-order chi connectivity index (χ1) is 9.06. The van der Waals surface area contributed by atoms with Gasteiger partial charge in [-0.2, -0.15) is 5.10 Å². The number of nitrogens with zero attached hydrogens (tertiary/aromatic N) is 3. The van der Waals surface area contributed by atoms with Gasteiger partial charge >= 0.3 is 5.97 Å². The van der Waals surface area contributed by atoms with Crippen LogP contribution in [0.4, 0.5) is 0 Å². The molecular weight excluding hydrogens is 250 g/mol. The number of hydrogen-bond acceptors (Lipinski definition) is 5. The van der Waals surface area contributed by atoms with Gasteiger partial charge in [-0.3, -0.25) is 9.48 Å². The second-order valence-corrected chi connectivity index (χ2v) is 4.38. The second-order valence-electron chi connectivity index (χ2n) is 4.38. The number of hydrogen-bond donors (Lipinski definition) is 0. The van der Waals surface area contributed by atoms with E-state index in [1.807, 2.05) is 6.92 Å². The van der Waals surface area contributed by atoms with Gasteiger partial charge in [-0.15, -0.1) is 0 Å². The summed E-state index contributed by atoms with van der Waals surface area (Å²) < 4.78 is 11.6. The SMILES string of the molecule is COC(=O)C1COCCN1C(=O)c1cnn(C)c1C. The fourth-order valence-corrected chi connectivity index (χ4v) is 2.04. The molecule has 7 nitrogen and oxygen atoms in total. The molecule has 1 atom stereocenters. The van der Waals surface area contributed by atoms with Crippen molar-refractivity contribution in [2.24, 2.45) is 7.05 Å². The normalized spacial score (nSPS) is 19.3. The second kappa shape index (κ2) is 5.40. The smallest absolute Gasteiger partial charge is 0.331 e. The molecule has 7 heteroatoms. The van der Waals surface area contributed by atoms with Gasteiger partial charge < -0.3 is 14.4 Å². The molecule has 0 N–H and O–H groups in total. The molecule has 1 amide bonds. The molecule has 1 aliphatic rings. The topological polar surface area (TPSA) is 73.7 Å². The van der Waals surface area contributed by atoms with Crippen LogP contribution < -0.4 is 0 Å². The van der Waals surface area contributed by atoms with Crippen molar-refractivity contribution in [2.45, 2.75) is 13.0 Å². The zero-order chi connectivity index (χ0) is 14.0. The third kappa shape index (κ3) is 2.46. The van der Waals surface area contributed by atoms with Crippen molar-refractivity contribution in [1.82, 2.24) is 14.7 Å². The van der Waals surface area contributed by atoms with Gasteiger partial charge in [0.05, 0.1) is 32.1 Å². The molecule has 2 heterocycles. The summed E-state index contributed by atoms with van der Waals surface area (Å²) in [6, 6.07) is -0.689. The van der Waals surface area contributed by atoms with E-state index in [9.17, 15) is 9.59 Å². The predicted molar refractivity (Wildman–Crippen MR) is 65.6 cm³/mol.